The molecule has 0 unspecified atom stereocenters. The van der Waals surface area contributed by atoms with Crippen LogP contribution in [0.15, 0.2) is 36.4 Å². The van der Waals surface area contributed by atoms with Gasteiger partial charge in [0.25, 0.3) is 5.91 Å². The molecule has 136 valence electrons. The van der Waals surface area contributed by atoms with Crippen LogP contribution in [-0.2, 0) is 4.74 Å². The van der Waals surface area contributed by atoms with Gasteiger partial charge in [-0.15, -0.1) is 0 Å². The molecule has 0 saturated carbocycles. The van der Waals surface area contributed by atoms with Gasteiger partial charge in [0.05, 0.1) is 25.0 Å². The SMILES string of the molecule is CCOc1ccc(C(C)=O)cc1NC(=O)c1cc(O)cc(C(=O)OC)c1. The average Bonchev–Trinajstić information content (AvgIpc) is 2.61. The van der Waals surface area contributed by atoms with Crippen LogP contribution in [0.5, 0.6) is 11.5 Å². The molecular weight excluding hydrogens is 338 g/mol. The van der Waals surface area contributed by atoms with E-state index in [1.165, 1.54) is 38.3 Å². The number of rotatable bonds is 6. The highest BCUT2D eigenvalue weighted by Crippen LogP contribution is 2.27. The van der Waals surface area contributed by atoms with Gasteiger partial charge in [-0.25, -0.2) is 4.79 Å². The molecule has 0 atom stereocenters. The first kappa shape index (κ1) is 19.0. The Morgan fingerprint density at radius 1 is 1.04 bits per heavy atom. The van der Waals surface area contributed by atoms with Gasteiger partial charge in [0, 0.05) is 11.1 Å². The molecule has 0 saturated heterocycles. The van der Waals surface area contributed by atoms with Crippen molar-refractivity contribution < 1.29 is 29.0 Å². The van der Waals surface area contributed by atoms with E-state index in [9.17, 15) is 19.5 Å². The largest absolute Gasteiger partial charge is 0.508 e. The fraction of sp³-hybridized carbons (Fsp3) is 0.211. The summed E-state index contributed by atoms with van der Waals surface area (Å²) in [5, 5.41) is 12.4. The first-order valence-electron chi connectivity index (χ1n) is 7.87. The number of phenols is 1. The van der Waals surface area contributed by atoms with E-state index in [0.29, 0.717) is 23.6 Å². The summed E-state index contributed by atoms with van der Waals surface area (Å²) in [6.45, 7) is 3.59. The number of hydrogen-bond acceptors (Lipinski definition) is 6. The number of phenolic OH excluding ortho intramolecular Hbond substituents is 1. The van der Waals surface area contributed by atoms with Crippen molar-refractivity contribution in [2.24, 2.45) is 0 Å². The molecule has 2 aromatic rings. The lowest BCUT2D eigenvalue weighted by Crippen LogP contribution is -2.14. The fourth-order valence-corrected chi connectivity index (χ4v) is 2.30. The Hall–Kier alpha value is -3.35. The van der Waals surface area contributed by atoms with Crippen molar-refractivity contribution in [3.05, 3.63) is 53.1 Å². The lowest BCUT2D eigenvalue weighted by Gasteiger charge is -2.13. The molecule has 0 bridgehead atoms. The predicted molar refractivity (Wildman–Crippen MR) is 95.0 cm³/mol. The maximum absolute atomic E-state index is 12.6. The minimum Gasteiger partial charge on any atom is -0.508 e. The number of Topliss-reactive ketones (excluding diaryl/α,β-unsaturated/α-hetero) is 1. The summed E-state index contributed by atoms with van der Waals surface area (Å²) in [6, 6.07) is 8.43. The Morgan fingerprint density at radius 3 is 2.35 bits per heavy atom. The average molecular weight is 357 g/mol. The summed E-state index contributed by atoms with van der Waals surface area (Å²) in [4.78, 5) is 35.8. The minimum absolute atomic E-state index is 0.0418. The lowest BCUT2D eigenvalue weighted by atomic mass is 10.1. The molecule has 1 amide bonds. The highest BCUT2D eigenvalue weighted by molar-refractivity contribution is 6.07. The number of anilines is 1. The molecule has 26 heavy (non-hydrogen) atoms. The molecule has 0 aliphatic heterocycles. The van der Waals surface area contributed by atoms with Crippen molar-refractivity contribution in [1.29, 1.82) is 0 Å². The van der Waals surface area contributed by atoms with Crippen molar-refractivity contribution in [3.8, 4) is 11.5 Å². The number of ether oxygens (including phenoxy) is 2. The molecular formula is C19H19NO6. The Balaban J connectivity index is 2.37. The molecule has 2 aromatic carbocycles. The van der Waals surface area contributed by atoms with E-state index < -0.39 is 11.9 Å². The molecule has 0 aliphatic carbocycles. The molecule has 2 rings (SSSR count). The summed E-state index contributed by atoms with van der Waals surface area (Å²) in [7, 11) is 1.20. The van der Waals surface area contributed by atoms with Gasteiger partial charge in [-0.3, -0.25) is 9.59 Å². The van der Waals surface area contributed by atoms with Gasteiger partial charge in [-0.05, 0) is 50.2 Å². The number of aromatic hydroxyl groups is 1. The van der Waals surface area contributed by atoms with Crippen LogP contribution in [0.2, 0.25) is 0 Å². The van der Waals surface area contributed by atoms with E-state index in [1.54, 1.807) is 19.1 Å². The molecule has 0 aliphatic rings. The Bertz CT molecular complexity index is 859. The number of carbonyl (C=O) groups excluding carboxylic acids is 3. The minimum atomic E-state index is -0.677. The number of hydrogen-bond donors (Lipinski definition) is 2. The molecule has 7 heteroatoms. The van der Waals surface area contributed by atoms with Gasteiger partial charge in [-0.1, -0.05) is 0 Å². The zero-order valence-corrected chi connectivity index (χ0v) is 14.7. The van der Waals surface area contributed by atoms with Crippen LogP contribution in [0, 0.1) is 0 Å². The molecule has 0 fully saturated rings. The van der Waals surface area contributed by atoms with Crippen molar-refractivity contribution in [1.82, 2.24) is 0 Å². The molecule has 7 nitrogen and oxygen atoms in total. The quantitative estimate of drug-likeness (QED) is 0.609. The first-order chi connectivity index (χ1) is 12.3. The Kier molecular flexibility index (Phi) is 5.95. The van der Waals surface area contributed by atoms with Crippen LogP contribution >= 0.6 is 0 Å². The topological polar surface area (TPSA) is 102 Å². The Labute approximate surface area is 150 Å². The number of esters is 1. The van der Waals surface area contributed by atoms with E-state index in [-0.39, 0.29) is 22.7 Å². The van der Waals surface area contributed by atoms with Crippen molar-refractivity contribution >= 4 is 23.3 Å². The van der Waals surface area contributed by atoms with Crippen molar-refractivity contribution in [2.75, 3.05) is 19.0 Å². The second-order valence-corrected chi connectivity index (χ2v) is 5.41. The fourth-order valence-electron chi connectivity index (χ4n) is 2.30. The van der Waals surface area contributed by atoms with Gasteiger partial charge in [0.15, 0.2) is 5.78 Å². The number of carbonyl (C=O) groups is 3. The number of benzene rings is 2. The van der Waals surface area contributed by atoms with Gasteiger partial charge in [0.1, 0.15) is 11.5 Å². The van der Waals surface area contributed by atoms with Crippen molar-refractivity contribution in [3.63, 3.8) is 0 Å². The summed E-state index contributed by atoms with van der Waals surface area (Å²) in [5.41, 5.74) is 0.823. The number of nitrogens with one attached hydrogen (secondary N) is 1. The summed E-state index contributed by atoms with van der Waals surface area (Å²) >= 11 is 0. The maximum Gasteiger partial charge on any atom is 0.338 e. The summed E-state index contributed by atoms with van der Waals surface area (Å²) < 4.78 is 10.1. The lowest BCUT2D eigenvalue weighted by molar-refractivity contribution is 0.0600. The third-order valence-electron chi connectivity index (χ3n) is 3.54. The predicted octanol–water partition coefficient (Wildman–Crippen LogP) is 3.03. The van der Waals surface area contributed by atoms with E-state index in [1.807, 2.05) is 0 Å². The zero-order chi connectivity index (χ0) is 19.3. The number of amides is 1. The van der Waals surface area contributed by atoms with E-state index >= 15 is 0 Å². The molecule has 2 N–H and O–H groups in total. The van der Waals surface area contributed by atoms with Crippen molar-refractivity contribution in [2.45, 2.75) is 13.8 Å². The normalized spacial score (nSPS) is 10.1. The number of methoxy groups -OCH3 is 1. The highest BCUT2D eigenvalue weighted by Gasteiger charge is 2.16. The molecule has 0 radical (unpaired) electrons. The van der Waals surface area contributed by atoms with Crippen LogP contribution in [0.3, 0.4) is 0 Å². The second-order valence-electron chi connectivity index (χ2n) is 5.41. The molecule has 0 heterocycles. The third kappa shape index (κ3) is 4.38. The van der Waals surface area contributed by atoms with Crippen LogP contribution in [0.1, 0.15) is 44.9 Å². The first-order valence-corrected chi connectivity index (χ1v) is 7.87. The van der Waals surface area contributed by atoms with Crippen LogP contribution < -0.4 is 10.1 Å². The smallest absolute Gasteiger partial charge is 0.338 e. The highest BCUT2D eigenvalue weighted by atomic mass is 16.5. The van der Waals surface area contributed by atoms with Crippen LogP contribution in [0.25, 0.3) is 0 Å². The van der Waals surface area contributed by atoms with E-state index in [0.717, 1.165) is 0 Å². The zero-order valence-electron chi connectivity index (χ0n) is 14.7. The standard InChI is InChI=1S/C19H19NO6/c1-4-26-17-6-5-12(11(2)21)10-16(17)20-18(23)13-7-14(19(24)25-3)9-15(22)8-13/h5-10,22H,4H2,1-3H3,(H,20,23). The van der Waals surface area contributed by atoms with Gasteiger partial charge in [0.2, 0.25) is 0 Å². The van der Waals surface area contributed by atoms with E-state index in [2.05, 4.69) is 10.1 Å². The van der Waals surface area contributed by atoms with Gasteiger partial charge in [-0.2, -0.15) is 0 Å². The Morgan fingerprint density at radius 2 is 1.73 bits per heavy atom. The molecule has 0 aromatic heterocycles. The van der Waals surface area contributed by atoms with Crippen LogP contribution in [-0.4, -0.2) is 36.5 Å². The maximum atomic E-state index is 12.6. The summed E-state index contributed by atoms with van der Waals surface area (Å²) in [5.74, 6) is -1.26. The van der Waals surface area contributed by atoms with Gasteiger partial charge < -0.3 is 19.9 Å². The number of ketones is 1. The second kappa shape index (κ2) is 8.15. The third-order valence-corrected chi connectivity index (χ3v) is 3.54. The van der Waals surface area contributed by atoms with Crippen LogP contribution in [0.4, 0.5) is 5.69 Å². The molecule has 0 spiro atoms. The summed E-state index contributed by atoms with van der Waals surface area (Å²) in [6.07, 6.45) is 0. The van der Waals surface area contributed by atoms with E-state index in [4.69, 9.17) is 4.74 Å². The van der Waals surface area contributed by atoms with Gasteiger partial charge >= 0.3 is 5.97 Å². The monoisotopic (exact) mass is 357 g/mol.